The van der Waals surface area contributed by atoms with E-state index in [2.05, 4.69) is 55.4 Å². The molecule has 12 heteroatoms. The van der Waals surface area contributed by atoms with Crippen molar-refractivity contribution >= 4 is 36.5 Å². The Kier molecular flexibility index (Phi) is 10.1. The molecule has 0 bridgehead atoms. The summed E-state index contributed by atoms with van der Waals surface area (Å²) in [6.45, 7) is 13.8. The summed E-state index contributed by atoms with van der Waals surface area (Å²) in [4.78, 5) is 31.5. The summed E-state index contributed by atoms with van der Waals surface area (Å²) >= 11 is 0. The van der Waals surface area contributed by atoms with Gasteiger partial charge in [-0.15, -0.1) is 0 Å². The molecule has 2 saturated heterocycles. The smallest absolute Gasteiger partial charge is 0.274 e. The third-order valence-corrected chi connectivity index (χ3v) is 10.3. The lowest BCUT2D eigenvalue weighted by Crippen LogP contribution is -2.42. The minimum Gasteiger partial charge on any atom is -0.378 e. The summed E-state index contributed by atoms with van der Waals surface area (Å²) in [7, 11) is -1.23. The van der Waals surface area contributed by atoms with Gasteiger partial charge in [-0.25, -0.2) is 9.97 Å². The molecule has 1 amide bonds. The average molecular weight is 643 g/mol. The van der Waals surface area contributed by atoms with Gasteiger partial charge in [0.05, 0.1) is 24.3 Å². The normalized spacial score (nSPS) is 17.8. The van der Waals surface area contributed by atoms with Crippen LogP contribution in [0.3, 0.4) is 0 Å². The zero-order valence-corrected chi connectivity index (χ0v) is 28.2. The highest BCUT2D eigenvalue weighted by Crippen LogP contribution is 2.33. The summed E-state index contributed by atoms with van der Waals surface area (Å²) in [5, 5.41) is 4.01. The number of hydrogen-bond acceptors (Lipinski definition) is 9. The van der Waals surface area contributed by atoms with Crippen molar-refractivity contribution in [3.8, 4) is 11.3 Å². The maximum atomic E-state index is 13.2. The highest BCUT2D eigenvalue weighted by molar-refractivity contribution is 6.76. The van der Waals surface area contributed by atoms with Crippen LogP contribution >= 0.6 is 0 Å². The Morgan fingerprint density at radius 1 is 1.07 bits per heavy atom. The van der Waals surface area contributed by atoms with Gasteiger partial charge in [0.1, 0.15) is 30.2 Å². The lowest BCUT2D eigenvalue weighted by molar-refractivity contribution is 0.0909. The molecule has 1 unspecified atom stereocenters. The van der Waals surface area contributed by atoms with Gasteiger partial charge in [-0.05, 0) is 66.9 Å². The number of likely N-dealkylation sites (tertiary alicyclic amines) is 1. The molecule has 244 valence electrons. The lowest BCUT2D eigenvalue weighted by atomic mass is 10.1. The largest absolute Gasteiger partial charge is 0.378 e. The molecule has 11 nitrogen and oxygen atoms in total. The van der Waals surface area contributed by atoms with Crippen LogP contribution in [0.5, 0.6) is 0 Å². The van der Waals surface area contributed by atoms with E-state index < -0.39 is 8.07 Å². The summed E-state index contributed by atoms with van der Waals surface area (Å²) < 4.78 is 13.9. The minimum atomic E-state index is -1.23. The van der Waals surface area contributed by atoms with E-state index in [1.165, 1.54) is 0 Å². The minimum absolute atomic E-state index is 0.213. The van der Waals surface area contributed by atoms with Crippen molar-refractivity contribution in [1.29, 1.82) is 0 Å². The number of amides is 1. The first-order valence-corrected chi connectivity index (χ1v) is 20.0. The van der Waals surface area contributed by atoms with Crippen LogP contribution in [-0.4, -0.2) is 90.4 Å². The van der Waals surface area contributed by atoms with E-state index in [4.69, 9.17) is 20.2 Å². The van der Waals surface area contributed by atoms with E-state index in [1.807, 2.05) is 36.4 Å². The second-order valence-electron chi connectivity index (χ2n) is 13.6. The van der Waals surface area contributed by atoms with Crippen molar-refractivity contribution in [3.63, 3.8) is 0 Å². The first-order valence-electron chi connectivity index (χ1n) is 16.3. The molecular weight excluding hydrogens is 597 g/mol. The molecule has 3 N–H and O–H groups in total. The first kappa shape index (κ1) is 32.3. The fourth-order valence-electron chi connectivity index (χ4n) is 6.09. The Bertz CT molecular complexity index is 1630. The monoisotopic (exact) mass is 642 g/mol. The van der Waals surface area contributed by atoms with E-state index >= 15 is 0 Å². The third-order valence-electron chi connectivity index (χ3n) is 8.64. The maximum Gasteiger partial charge on any atom is 0.274 e. The zero-order chi connectivity index (χ0) is 32.1. The zero-order valence-electron chi connectivity index (χ0n) is 27.2. The average Bonchev–Trinajstić information content (AvgIpc) is 3.42. The molecule has 0 aliphatic carbocycles. The second kappa shape index (κ2) is 14.4. The van der Waals surface area contributed by atoms with Crippen LogP contribution in [-0.2, 0) is 22.7 Å². The number of ether oxygens (including phenoxy) is 2. The molecule has 6 rings (SSSR count). The summed E-state index contributed by atoms with van der Waals surface area (Å²) in [5.41, 5.74) is 11.1. The molecule has 2 aliphatic rings. The quantitative estimate of drug-likeness (QED) is 0.175. The van der Waals surface area contributed by atoms with Gasteiger partial charge in [-0.1, -0.05) is 31.8 Å². The number of carbonyl (C=O) groups is 1. The molecule has 3 aromatic heterocycles. The number of rotatable bonds is 11. The van der Waals surface area contributed by atoms with Crippen molar-refractivity contribution in [2.45, 2.75) is 57.8 Å². The predicted molar refractivity (Wildman–Crippen MR) is 185 cm³/mol. The summed E-state index contributed by atoms with van der Waals surface area (Å²) in [6, 6.07) is 15.2. The highest BCUT2D eigenvalue weighted by atomic mass is 28.3. The molecule has 2 aliphatic heterocycles. The summed E-state index contributed by atoms with van der Waals surface area (Å²) in [6.07, 6.45) is 5.51. The number of fused-ring (bicyclic) bond motifs is 1. The Balaban J connectivity index is 1.20. The first-order chi connectivity index (χ1) is 22.2. The van der Waals surface area contributed by atoms with Crippen LogP contribution < -0.4 is 16.0 Å². The lowest BCUT2D eigenvalue weighted by Gasteiger charge is -2.30. The number of morpholine rings is 1. The predicted octanol–water partition coefficient (Wildman–Crippen LogP) is 4.82. The van der Waals surface area contributed by atoms with Crippen LogP contribution in [0, 0.1) is 0 Å². The van der Waals surface area contributed by atoms with Gasteiger partial charge in [0, 0.05) is 58.8 Å². The number of carbonyl (C=O) groups excluding carboxylic acids is 1. The number of nitrogens with zero attached hydrogens (tertiary/aromatic N) is 6. The van der Waals surface area contributed by atoms with Crippen LogP contribution in [0.15, 0.2) is 55.0 Å². The number of benzene rings is 1. The van der Waals surface area contributed by atoms with Crippen molar-refractivity contribution in [1.82, 2.24) is 24.4 Å². The number of anilines is 2. The Morgan fingerprint density at radius 2 is 1.87 bits per heavy atom. The van der Waals surface area contributed by atoms with Crippen LogP contribution in [0.25, 0.3) is 22.3 Å². The molecular formula is C34H46N8O3Si. The highest BCUT2D eigenvalue weighted by Gasteiger charge is 2.22. The van der Waals surface area contributed by atoms with E-state index in [9.17, 15) is 4.79 Å². The van der Waals surface area contributed by atoms with Crippen molar-refractivity contribution < 1.29 is 14.3 Å². The fraction of sp³-hybridized carbons (Fsp3) is 0.471. The molecule has 0 saturated carbocycles. The van der Waals surface area contributed by atoms with Gasteiger partial charge in [-0.2, -0.15) is 0 Å². The van der Waals surface area contributed by atoms with E-state index in [-0.39, 0.29) is 11.9 Å². The maximum absolute atomic E-state index is 13.2. The molecule has 2 fully saturated rings. The number of hydrogen-bond donors (Lipinski definition) is 2. The van der Waals surface area contributed by atoms with Gasteiger partial charge in [0.2, 0.25) is 0 Å². The van der Waals surface area contributed by atoms with Crippen molar-refractivity contribution in [3.05, 3.63) is 66.2 Å². The number of pyridine rings is 1. The molecule has 0 spiro atoms. The standard InChI is InChI=1S/C34H46N8O3Si/c1-46(2,3)18-17-45-24-42-31(20-29-32(37-23-38-33(29)42)41-13-15-44-16-14-41)26-6-8-28(9-7-26)39-34(43)30-19-25(10-11-36-30)21-40-12-4-5-27(35)22-40/h6-11,19-20,23,27H,4-5,12-18,21-22,24,35H2,1-3H3,(H,39,43). The number of aromatic nitrogens is 4. The van der Waals surface area contributed by atoms with Gasteiger partial charge < -0.3 is 30.0 Å². The van der Waals surface area contributed by atoms with Crippen LogP contribution in [0.4, 0.5) is 11.5 Å². The van der Waals surface area contributed by atoms with Crippen molar-refractivity contribution in [2.75, 3.05) is 56.2 Å². The molecule has 4 aromatic rings. The topological polar surface area (TPSA) is 124 Å². The van der Waals surface area contributed by atoms with Crippen LogP contribution in [0.2, 0.25) is 25.7 Å². The molecule has 46 heavy (non-hydrogen) atoms. The van der Waals surface area contributed by atoms with Crippen LogP contribution in [0.1, 0.15) is 28.9 Å². The molecule has 5 heterocycles. The van der Waals surface area contributed by atoms with Gasteiger partial charge >= 0.3 is 0 Å². The van der Waals surface area contributed by atoms with E-state index in [0.29, 0.717) is 37.9 Å². The number of nitrogens with one attached hydrogen (secondary N) is 1. The fourth-order valence-corrected chi connectivity index (χ4v) is 6.85. The summed E-state index contributed by atoms with van der Waals surface area (Å²) in [5.74, 6) is 0.678. The molecule has 1 aromatic carbocycles. The molecule has 1 atom stereocenters. The van der Waals surface area contributed by atoms with Crippen molar-refractivity contribution in [2.24, 2.45) is 5.73 Å². The number of piperidine rings is 1. The Labute approximate surface area is 272 Å². The molecule has 0 radical (unpaired) electrons. The van der Waals surface area contributed by atoms with E-state index in [0.717, 1.165) is 85.3 Å². The second-order valence-corrected chi connectivity index (χ2v) is 19.2. The Morgan fingerprint density at radius 3 is 2.63 bits per heavy atom. The third kappa shape index (κ3) is 7.99. The van der Waals surface area contributed by atoms with Gasteiger partial charge in [-0.3, -0.25) is 14.7 Å². The van der Waals surface area contributed by atoms with Gasteiger partial charge in [0.15, 0.2) is 0 Å². The number of nitrogens with two attached hydrogens (primary N) is 1. The van der Waals surface area contributed by atoms with E-state index in [1.54, 1.807) is 12.5 Å². The Hall–Kier alpha value is -3.68. The SMILES string of the molecule is C[Si](C)(C)CCOCn1c(-c2ccc(NC(=O)c3cc(CN4CCCC(N)C4)ccn3)cc2)cc2c(N3CCOCC3)ncnc21. The van der Waals surface area contributed by atoms with Gasteiger partial charge in [0.25, 0.3) is 5.91 Å².